The molecule has 0 aliphatic carbocycles. The van der Waals surface area contributed by atoms with E-state index in [2.05, 4.69) is 52.2 Å². The van der Waals surface area contributed by atoms with Crippen molar-refractivity contribution in [2.75, 3.05) is 6.54 Å². The Morgan fingerprint density at radius 3 is 2.57 bits per heavy atom. The Bertz CT molecular complexity index is 297. The maximum Gasteiger partial charge on any atom is 0.218 e. The fourth-order valence-electron chi connectivity index (χ4n) is 1.05. The number of hydrogen-bond acceptors (Lipinski definition) is 2. The highest BCUT2D eigenvalue weighted by Gasteiger charge is 1.94. The zero-order valence-electron chi connectivity index (χ0n) is 7.79. The first-order chi connectivity index (χ1) is 6.68. The van der Waals surface area contributed by atoms with Crippen LogP contribution in [0.25, 0.3) is 0 Å². The minimum atomic E-state index is -0.264. The van der Waals surface area contributed by atoms with Crippen LogP contribution in [0, 0.1) is 3.57 Å². The molecule has 0 spiro atoms. The van der Waals surface area contributed by atoms with E-state index in [1.807, 2.05) is 0 Å². The van der Waals surface area contributed by atoms with Crippen molar-refractivity contribution >= 4 is 28.5 Å². The van der Waals surface area contributed by atoms with Gasteiger partial charge in [0.2, 0.25) is 5.91 Å². The molecule has 76 valence electrons. The first-order valence-electron chi connectivity index (χ1n) is 4.42. The van der Waals surface area contributed by atoms with Crippen molar-refractivity contribution in [2.45, 2.75) is 13.0 Å². The van der Waals surface area contributed by atoms with Crippen LogP contribution in [0.4, 0.5) is 0 Å². The molecule has 0 atom stereocenters. The molecular formula is C10H13IN2O. The number of primary amides is 1. The fourth-order valence-corrected chi connectivity index (χ4v) is 1.41. The Balaban J connectivity index is 2.25. The number of carbonyl (C=O) groups excluding carboxylic acids is 1. The molecule has 0 fully saturated rings. The monoisotopic (exact) mass is 304 g/mol. The normalized spacial score (nSPS) is 10.1. The molecule has 0 unspecified atom stereocenters. The summed E-state index contributed by atoms with van der Waals surface area (Å²) in [5.41, 5.74) is 6.23. The average molecular weight is 304 g/mol. The minimum absolute atomic E-state index is 0.264. The van der Waals surface area contributed by atoms with Gasteiger partial charge >= 0.3 is 0 Å². The fraction of sp³-hybridized carbons (Fsp3) is 0.300. The van der Waals surface area contributed by atoms with Crippen LogP contribution >= 0.6 is 22.6 Å². The molecular weight excluding hydrogens is 291 g/mol. The number of nitrogens with one attached hydrogen (secondary N) is 1. The van der Waals surface area contributed by atoms with Crippen LogP contribution in [0.3, 0.4) is 0 Å². The lowest BCUT2D eigenvalue weighted by Crippen LogP contribution is -2.21. The van der Waals surface area contributed by atoms with Gasteiger partial charge in [-0.1, -0.05) is 12.1 Å². The molecule has 1 amide bonds. The van der Waals surface area contributed by atoms with Gasteiger partial charge in [0.05, 0.1) is 0 Å². The molecule has 0 saturated carbocycles. The van der Waals surface area contributed by atoms with Crippen LogP contribution in [0.1, 0.15) is 12.0 Å². The highest BCUT2D eigenvalue weighted by molar-refractivity contribution is 14.1. The number of nitrogens with two attached hydrogens (primary N) is 1. The van der Waals surface area contributed by atoms with E-state index in [9.17, 15) is 4.79 Å². The van der Waals surface area contributed by atoms with Crippen LogP contribution in [0.5, 0.6) is 0 Å². The molecule has 0 aromatic heterocycles. The summed E-state index contributed by atoms with van der Waals surface area (Å²) in [7, 11) is 0. The van der Waals surface area contributed by atoms with Crippen molar-refractivity contribution in [1.82, 2.24) is 5.32 Å². The summed E-state index contributed by atoms with van der Waals surface area (Å²) in [4.78, 5) is 10.4. The van der Waals surface area contributed by atoms with Crippen molar-refractivity contribution in [3.8, 4) is 0 Å². The van der Waals surface area contributed by atoms with Crippen LogP contribution in [0.2, 0.25) is 0 Å². The van der Waals surface area contributed by atoms with E-state index in [4.69, 9.17) is 5.73 Å². The number of hydrogen-bond donors (Lipinski definition) is 2. The smallest absolute Gasteiger partial charge is 0.218 e. The van der Waals surface area contributed by atoms with Crippen LogP contribution in [-0.4, -0.2) is 12.5 Å². The second-order valence-corrected chi connectivity index (χ2v) is 4.27. The van der Waals surface area contributed by atoms with Crippen LogP contribution in [-0.2, 0) is 11.3 Å². The second kappa shape index (κ2) is 5.98. The Morgan fingerprint density at radius 2 is 2.00 bits per heavy atom. The van der Waals surface area contributed by atoms with Gasteiger partial charge in [-0.25, -0.2) is 0 Å². The van der Waals surface area contributed by atoms with E-state index in [0.29, 0.717) is 13.0 Å². The molecule has 0 saturated heterocycles. The average Bonchev–Trinajstić information content (AvgIpc) is 2.15. The van der Waals surface area contributed by atoms with Crippen molar-refractivity contribution in [3.63, 3.8) is 0 Å². The predicted molar refractivity (Wildman–Crippen MR) is 64.7 cm³/mol. The molecule has 4 heteroatoms. The number of carbonyl (C=O) groups is 1. The molecule has 0 heterocycles. The maximum atomic E-state index is 10.4. The lowest BCUT2D eigenvalue weighted by molar-refractivity contribution is -0.117. The van der Waals surface area contributed by atoms with Crippen molar-refractivity contribution < 1.29 is 4.79 Å². The summed E-state index contributed by atoms with van der Waals surface area (Å²) in [6.45, 7) is 1.42. The van der Waals surface area contributed by atoms with Gasteiger partial charge in [0, 0.05) is 23.1 Å². The SMILES string of the molecule is NC(=O)CCNCc1ccc(I)cc1. The van der Waals surface area contributed by atoms with E-state index < -0.39 is 0 Å². The Kier molecular flexibility index (Phi) is 4.89. The maximum absolute atomic E-state index is 10.4. The summed E-state index contributed by atoms with van der Waals surface area (Å²) >= 11 is 2.27. The molecule has 3 nitrogen and oxygen atoms in total. The molecule has 14 heavy (non-hydrogen) atoms. The summed E-state index contributed by atoms with van der Waals surface area (Å²) in [5, 5.41) is 3.15. The summed E-state index contributed by atoms with van der Waals surface area (Å²) < 4.78 is 1.23. The standard InChI is InChI=1S/C10H13IN2O/c11-9-3-1-8(2-4-9)7-13-6-5-10(12)14/h1-4,13H,5-7H2,(H2,12,14). The number of rotatable bonds is 5. The quantitative estimate of drug-likeness (QED) is 0.635. The second-order valence-electron chi connectivity index (χ2n) is 3.02. The lowest BCUT2D eigenvalue weighted by atomic mass is 10.2. The Labute approximate surface area is 97.2 Å². The van der Waals surface area contributed by atoms with Gasteiger partial charge in [-0.3, -0.25) is 4.79 Å². The van der Waals surface area contributed by atoms with Gasteiger partial charge in [-0.2, -0.15) is 0 Å². The van der Waals surface area contributed by atoms with E-state index >= 15 is 0 Å². The molecule has 3 N–H and O–H groups in total. The molecule has 0 bridgehead atoms. The van der Waals surface area contributed by atoms with Gasteiger partial charge in [-0.15, -0.1) is 0 Å². The molecule has 1 aromatic carbocycles. The first-order valence-corrected chi connectivity index (χ1v) is 5.50. The van der Waals surface area contributed by atoms with Crippen molar-refractivity contribution in [3.05, 3.63) is 33.4 Å². The topological polar surface area (TPSA) is 55.1 Å². The Morgan fingerprint density at radius 1 is 1.36 bits per heavy atom. The molecule has 0 radical (unpaired) electrons. The van der Waals surface area contributed by atoms with Crippen molar-refractivity contribution in [2.24, 2.45) is 5.73 Å². The highest BCUT2D eigenvalue weighted by Crippen LogP contribution is 2.06. The molecule has 1 aromatic rings. The van der Waals surface area contributed by atoms with Crippen molar-refractivity contribution in [1.29, 1.82) is 0 Å². The summed E-state index contributed by atoms with van der Waals surface area (Å²) in [6.07, 6.45) is 0.393. The summed E-state index contributed by atoms with van der Waals surface area (Å²) in [6, 6.07) is 8.26. The number of benzene rings is 1. The van der Waals surface area contributed by atoms with Crippen LogP contribution < -0.4 is 11.1 Å². The minimum Gasteiger partial charge on any atom is -0.370 e. The third-order valence-corrected chi connectivity index (χ3v) is 2.51. The van der Waals surface area contributed by atoms with E-state index in [-0.39, 0.29) is 5.91 Å². The lowest BCUT2D eigenvalue weighted by Gasteiger charge is -2.03. The molecule has 0 aliphatic heterocycles. The van der Waals surface area contributed by atoms with Gasteiger partial charge in [-0.05, 0) is 40.3 Å². The molecule has 1 rings (SSSR count). The largest absolute Gasteiger partial charge is 0.370 e. The van der Waals surface area contributed by atoms with Gasteiger partial charge in [0.1, 0.15) is 0 Å². The van der Waals surface area contributed by atoms with Crippen LogP contribution in [0.15, 0.2) is 24.3 Å². The predicted octanol–water partition coefficient (Wildman–Crippen LogP) is 1.26. The first kappa shape index (κ1) is 11.5. The number of halogens is 1. The Hall–Kier alpha value is -0.620. The number of amides is 1. The third kappa shape index (κ3) is 4.57. The van der Waals surface area contributed by atoms with Gasteiger partial charge in [0.25, 0.3) is 0 Å². The highest BCUT2D eigenvalue weighted by atomic mass is 127. The van der Waals surface area contributed by atoms with Gasteiger partial charge < -0.3 is 11.1 Å². The zero-order chi connectivity index (χ0) is 10.4. The zero-order valence-corrected chi connectivity index (χ0v) is 9.95. The summed E-state index contributed by atoms with van der Waals surface area (Å²) in [5.74, 6) is -0.264. The third-order valence-electron chi connectivity index (χ3n) is 1.79. The molecule has 0 aliphatic rings. The van der Waals surface area contributed by atoms with E-state index in [1.54, 1.807) is 0 Å². The van der Waals surface area contributed by atoms with E-state index in [0.717, 1.165) is 6.54 Å². The van der Waals surface area contributed by atoms with Gasteiger partial charge in [0.15, 0.2) is 0 Å². The van der Waals surface area contributed by atoms with E-state index in [1.165, 1.54) is 9.13 Å².